The minimum atomic E-state index is -0.568. The lowest BCUT2D eigenvalue weighted by molar-refractivity contribution is -0.116. The van der Waals surface area contributed by atoms with Gasteiger partial charge in [0.15, 0.2) is 0 Å². The number of para-hydroxylation sites is 1. The van der Waals surface area contributed by atoms with Crippen molar-refractivity contribution < 1.29 is 14.3 Å². The maximum Gasteiger partial charge on any atom is 0.250 e. The third-order valence-electron chi connectivity index (χ3n) is 3.62. The Morgan fingerprint density at radius 1 is 1.17 bits per heavy atom. The number of nitrogens with one attached hydrogen (secondary N) is 1. The van der Waals surface area contributed by atoms with Crippen molar-refractivity contribution >= 4 is 17.5 Å². The zero-order valence-corrected chi connectivity index (χ0v) is 13.2. The molecule has 0 saturated heterocycles. The molecule has 0 radical (unpaired) electrons. The van der Waals surface area contributed by atoms with Crippen LogP contribution in [0.3, 0.4) is 0 Å². The third-order valence-corrected chi connectivity index (χ3v) is 3.62. The molecule has 0 heterocycles. The van der Waals surface area contributed by atoms with Crippen LogP contribution in [0.1, 0.15) is 35.2 Å². The highest BCUT2D eigenvalue weighted by molar-refractivity contribution is 6.03. The number of hydrogen-bond donors (Lipinski definition) is 2. The molecule has 0 spiro atoms. The minimum absolute atomic E-state index is 0.0193. The second kappa shape index (κ2) is 7.45. The highest BCUT2D eigenvalue weighted by Crippen LogP contribution is 2.24. The Labute approximate surface area is 135 Å². The van der Waals surface area contributed by atoms with Crippen LogP contribution in [0.15, 0.2) is 48.5 Å². The van der Waals surface area contributed by atoms with Crippen LogP contribution in [-0.2, 0) is 4.79 Å². The van der Waals surface area contributed by atoms with Crippen molar-refractivity contribution in [2.75, 3.05) is 12.4 Å². The molecule has 0 fully saturated rings. The fourth-order valence-electron chi connectivity index (χ4n) is 2.35. The molecule has 0 aliphatic heterocycles. The number of anilines is 1. The molecule has 23 heavy (non-hydrogen) atoms. The molecular weight excluding hydrogens is 292 g/mol. The van der Waals surface area contributed by atoms with Gasteiger partial charge in [0.25, 0.3) is 5.91 Å². The summed E-state index contributed by atoms with van der Waals surface area (Å²) < 4.78 is 5.20. The van der Waals surface area contributed by atoms with E-state index in [-0.39, 0.29) is 11.8 Å². The van der Waals surface area contributed by atoms with E-state index in [0.717, 1.165) is 11.3 Å². The van der Waals surface area contributed by atoms with E-state index in [1.54, 1.807) is 31.4 Å². The molecule has 0 bridgehead atoms. The summed E-state index contributed by atoms with van der Waals surface area (Å²) >= 11 is 0. The fraction of sp³-hybridized carbons (Fsp3) is 0.222. The standard InChI is InChI=1S/C18H20N2O3/c1-12(13-6-5-7-14(11-13)23-2)10-17(21)20-16-9-4-3-8-15(16)18(19)22/h3-9,11-12H,10H2,1-2H3,(H2,19,22)(H,20,21). The molecule has 2 aromatic rings. The Morgan fingerprint density at radius 3 is 2.61 bits per heavy atom. The van der Waals surface area contributed by atoms with Gasteiger partial charge in [-0.2, -0.15) is 0 Å². The lowest BCUT2D eigenvalue weighted by Crippen LogP contribution is -2.19. The molecule has 5 nitrogen and oxygen atoms in total. The van der Waals surface area contributed by atoms with E-state index in [2.05, 4.69) is 5.32 Å². The van der Waals surface area contributed by atoms with Crippen LogP contribution in [0.4, 0.5) is 5.69 Å². The van der Waals surface area contributed by atoms with E-state index in [1.165, 1.54) is 0 Å². The quantitative estimate of drug-likeness (QED) is 0.860. The van der Waals surface area contributed by atoms with Crippen molar-refractivity contribution in [1.82, 2.24) is 0 Å². The predicted octanol–water partition coefficient (Wildman–Crippen LogP) is 2.93. The summed E-state index contributed by atoms with van der Waals surface area (Å²) in [6, 6.07) is 14.3. The van der Waals surface area contributed by atoms with Gasteiger partial charge in [-0.1, -0.05) is 31.2 Å². The molecular formula is C18H20N2O3. The highest BCUT2D eigenvalue weighted by Gasteiger charge is 2.14. The van der Waals surface area contributed by atoms with Crippen LogP contribution in [0.5, 0.6) is 5.75 Å². The minimum Gasteiger partial charge on any atom is -0.497 e. The molecule has 0 aromatic heterocycles. The van der Waals surface area contributed by atoms with Gasteiger partial charge in [-0.25, -0.2) is 0 Å². The SMILES string of the molecule is COc1cccc(C(C)CC(=O)Nc2ccccc2C(N)=O)c1. The van der Waals surface area contributed by atoms with Crippen LogP contribution in [0.2, 0.25) is 0 Å². The first-order chi connectivity index (χ1) is 11.0. The van der Waals surface area contributed by atoms with Gasteiger partial charge in [-0.15, -0.1) is 0 Å². The Balaban J connectivity index is 2.06. The first kappa shape index (κ1) is 16.5. The number of benzene rings is 2. The molecule has 1 atom stereocenters. The lowest BCUT2D eigenvalue weighted by Gasteiger charge is -2.14. The van der Waals surface area contributed by atoms with E-state index in [4.69, 9.17) is 10.5 Å². The van der Waals surface area contributed by atoms with Crippen LogP contribution in [-0.4, -0.2) is 18.9 Å². The second-order valence-corrected chi connectivity index (χ2v) is 5.34. The van der Waals surface area contributed by atoms with Gasteiger partial charge in [-0.05, 0) is 35.7 Å². The first-order valence-electron chi connectivity index (χ1n) is 7.34. The molecule has 5 heteroatoms. The number of carbonyl (C=O) groups excluding carboxylic acids is 2. The van der Waals surface area contributed by atoms with Crippen molar-refractivity contribution in [2.45, 2.75) is 19.3 Å². The Hall–Kier alpha value is -2.82. The molecule has 2 aromatic carbocycles. The largest absolute Gasteiger partial charge is 0.497 e. The number of primary amides is 1. The zero-order valence-electron chi connectivity index (χ0n) is 13.2. The summed E-state index contributed by atoms with van der Waals surface area (Å²) in [7, 11) is 1.61. The predicted molar refractivity (Wildman–Crippen MR) is 89.6 cm³/mol. The van der Waals surface area contributed by atoms with Gasteiger partial charge in [0.2, 0.25) is 5.91 Å². The van der Waals surface area contributed by atoms with Crippen molar-refractivity contribution in [3.8, 4) is 5.75 Å². The van der Waals surface area contributed by atoms with Crippen LogP contribution < -0.4 is 15.8 Å². The molecule has 0 aliphatic rings. The zero-order chi connectivity index (χ0) is 16.8. The summed E-state index contributed by atoms with van der Waals surface area (Å²) in [6.07, 6.45) is 0.292. The van der Waals surface area contributed by atoms with E-state index in [1.807, 2.05) is 31.2 Å². The smallest absolute Gasteiger partial charge is 0.250 e. The van der Waals surface area contributed by atoms with Crippen LogP contribution in [0.25, 0.3) is 0 Å². The Bertz CT molecular complexity index is 713. The summed E-state index contributed by atoms with van der Waals surface area (Å²) in [5, 5.41) is 2.75. The van der Waals surface area contributed by atoms with E-state index in [0.29, 0.717) is 17.7 Å². The van der Waals surface area contributed by atoms with E-state index < -0.39 is 5.91 Å². The van der Waals surface area contributed by atoms with Crippen molar-refractivity contribution in [2.24, 2.45) is 5.73 Å². The number of nitrogens with two attached hydrogens (primary N) is 1. The summed E-state index contributed by atoms with van der Waals surface area (Å²) in [4.78, 5) is 23.6. The molecule has 0 aliphatic carbocycles. The van der Waals surface area contributed by atoms with Gasteiger partial charge in [0.1, 0.15) is 5.75 Å². The maximum absolute atomic E-state index is 12.2. The number of carbonyl (C=O) groups is 2. The molecule has 0 saturated carbocycles. The summed E-state index contributed by atoms with van der Waals surface area (Å²) in [6.45, 7) is 1.97. The maximum atomic E-state index is 12.2. The van der Waals surface area contributed by atoms with Crippen molar-refractivity contribution in [3.05, 3.63) is 59.7 Å². The topological polar surface area (TPSA) is 81.4 Å². The molecule has 1 unspecified atom stereocenters. The summed E-state index contributed by atoms with van der Waals surface area (Å²) in [5.41, 5.74) is 7.06. The average molecular weight is 312 g/mol. The lowest BCUT2D eigenvalue weighted by atomic mass is 9.97. The van der Waals surface area contributed by atoms with Gasteiger partial charge >= 0.3 is 0 Å². The van der Waals surface area contributed by atoms with Crippen molar-refractivity contribution in [3.63, 3.8) is 0 Å². The monoisotopic (exact) mass is 312 g/mol. The Kier molecular flexibility index (Phi) is 5.36. The molecule has 3 N–H and O–H groups in total. The van der Waals surface area contributed by atoms with Crippen molar-refractivity contribution in [1.29, 1.82) is 0 Å². The molecule has 2 amide bonds. The summed E-state index contributed by atoms with van der Waals surface area (Å²) in [5.74, 6) is 0.0374. The van der Waals surface area contributed by atoms with Gasteiger partial charge < -0.3 is 15.8 Å². The fourth-order valence-corrected chi connectivity index (χ4v) is 2.35. The van der Waals surface area contributed by atoms with Gasteiger partial charge in [0, 0.05) is 6.42 Å². The molecule has 2 rings (SSSR count). The third kappa shape index (κ3) is 4.32. The first-order valence-corrected chi connectivity index (χ1v) is 7.34. The highest BCUT2D eigenvalue weighted by atomic mass is 16.5. The second-order valence-electron chi connectivity index (χ2n) is 5.34. The average Bonchev–Trinajstić information content (AvgIpc) is 2.55. The number of rotatable bonds is 6. The number of hydrogen-bond acceptors (Lipinski definition) is 3. The molecule has 120 valence electrons. The van der Waals surface area contributed by atoms with Crippen LogP contribution >= 0.6 is 0 Å². The number of ether oxygens (including phenoxy) is 1. The van der Waals surface area contributed by atoms with Gasteiger partial charge in [0.05, 0.1) is 18.4 Å². The number of methoxy groups -OCH3 is 1. The van der Waals surface area contributed by atoms with Crippen LogP contribution in [0, 0.1) is 0 Å². The number of amides is 2. The van der Waals surface area contributed by atoms with E-state index >= 15 is 0 Å². The van der Waals surface area contributed by atoms with E-state index in [9.17, 15) is 9.59 Å². The Morgan fingerprint density at radius 2 is 1.91 bits per heavy atom. The normalized spacial score (nSPS) is 11.6. The van der Waals surface area contributed by atoms with Gasteiger partial charge in [-0.3, -0.25) is 9.59 Å².